The third-order valence-electron chi connectivity index (χ3n) is 3.60. The van der Waals surface area contributed by atoms with Crippen LogP contribution in [0, 0.1) is 20.2 Å². The van der Waals surface area contributed by atoms with Gasteiger partial charge < -0.3 is 4.84 Å². The molecule has 0 amide bonds. The van der Waals surface area contributed by atoms with Crippen LogP contribution in [0.4, 0.5) is 0 Å². The average molecular weight is 304 g/mol. The summed E-state index contributed by atoms with van der Waals surface area (Å²) in [7, 11) is 0. The first-order valence-electron chi connectivity index (χ1n) is 7.97. The molecule has 0 aliphatic carbocycles. The van der Waals surface area contributed by atoms with Crippen molar-refractivity contribution in [2.75, 3.05) is 0 Å². The van der Waals surface area contributed by atoms with Gasteiger partial charge in [0.05, 0.1) is 0 Å². The number of rotatable bonds is 14. The molecule has 0 spiro atoms. The maximum Gasteiger partial charge on any atom is 0.295 e. The van der Waals surface area contributed by atoms with Gasteiger partial charge in [-0.2, -0.15) is 0 Å². The van der Waals surface area contributed by atoms with Gasteiger partial charge in [0, 0.05) is 11.3 Å². The molecule has 0 radical (unpaired) electrons. The van der Waals surface area contributed by atoms with Crippen molar-refractivity contribution in [1.82, 2.24) is 0 Å². The zero-order valence-corrected chi connectivity index (χ0v) is 13.2. The van der Waals surface area contributed by atoms with E-state index in [1.807, 2.05) is 6.92 Å². The lowest BCUT2D eigenvalue weighted by molar-refractivity contribution is -0.778. The molecule has 0 aromatic heterocycles. The van der Waals surface area contributed by atoms with Gasteiger partial charge in [-0.1, -0.05) is 58.8 Å². The van der Waals surface area contributed by atoms with Crippen LogP contribution in [0.1, 0.15) is 78.1 Å². The van der Waals surface area contributed by atoms with Gasteiger partial charge in [-0.3, -0.25) is 10.1 Å². The summed E-state index contributed by atoms with van der Waals surface area (Å²) in [6.45, 7) is 3.99. The van der Waals surface area contributed by atoms with Crippen molar-refractivity contribution in [1.29, 1.82) is 0 Å². The summed E-state index contributed by atoms with van der Waals surface area (Å²) in [6, 6.07) is -0.981. The first-order valence-corrected chi connectivity index (χ1v) is 7.97. The molecule has 0 aromatic carbocycles. The fourth-order valence-electron chi connectivity index (χ4n) is 2.45. The lowest BCUT2D eigenvalue weighted by Gasteiger charge is -2.18. The molecule has 21 heavy (non-hydrogen) atoms. The van der Waals surface area contributed by atoms with E-state index in [1.54, 1.807) is 0 Å². The normalized spacial score (nSPS) is 13.6. The van der Waals surface area contributed by atoms with Gasteiger partial charge in [0.2, 0.25) is 6.04 Å². The van der Waals surface area contributed by atoms with Crippen molar-refractivity contribution < 1.29 is 14.8 Å². The number of hydrogen-bond acceptors (Lipinski definition) is 5. The molecule has 7 nitrogen and oxygen atoms in total. The topological polar surface area (TPSA) is 95.5 Å². The van der Waals surface area contributed by atoms with Crippen LogP contribution >= 0.6 is 0 Å². The Balaban J connectivity index is 4.14. The predicted octanol–water partition coefficient (Wildman–Crippen LogP) is 4.15. The Labute approximate surface area is 126 Å². The Morgan fingerprint density at radius 3 is 1.90 bits per heavy atom. The highest BCUT2D eigenvalue weighted by atomic mass is 17.0. The highest BCUT2D eigenvalue weighted by Crippen LogP contribution is 2.18. The standard InChI is InChI=1S/C14H28N2O5/c1-3-5-6-7-8-9-10-12-13(15(17)18)14(11-4-2)21-16(19)20/h13-14H,3-12H2,1-2H3. The van der Waals surface area contributed by atoms with E-state index in [-0.39, 0.29) is 0 Å². The van der Waals surface area contributed by atoms with Gasteiger partial charge in [-0.25, -0.2) is 0 Å². The van der Waals surface area contributed by atoms with Crippen LogP contribution in [0.5, 0.6) is 0 Å². The second kappa shape index (κ2) is 12.3. The van der Waals surface area contributed by atoms with Crippen LogP contribution in [0.3, 0.4) is 0 Å². The molecule has 0 heterocycles. The van der Waals surface area contributed by atoms with E-state index in [0.29, 0.717) is 19.3 Å². The summed E-state index contributed by atoms with van der Waals surface area (Å²) < 4.78 is 0. The summed E-state index contributed by atoms with van der Waals surface area (Å²) in [4.78, 5) is 25.6. The fourth-order valence-corrected chi connectivity index (χ4v) is 2.45. The summed E-state index contributed by atoms with van der Waals surface area (Å²) >= 11 is 0. The summed E-state index contributed by atoms with van der Waals surface area (Å²) in [5, 5.41) is 20.6. The summed E-state index contributed by atoms with van der Waals surface area (Å²) in [5.41, 5.74) is 0. The van der Waals surface area contributed by atoms with Crippen molar-refractivity contribution in [3.63, 3.8) is 0 Å². The lowest BCUT2D eigenvalue weighted by atomic mass is 9.99. The van der Waals surface area contributed by atoms with Crippen LogP contribution in [0.25, 0.3) is 0 Å². The first kappa shape index (κ1) is 19.6. The Kier molecular flexibility index (Phi) is 11.5. The van der Waals surface area contributed by atoms with E-state index in [9.17, 15) is 20.2 Å². The zero-order valence-electron chi connectivity index (χ0n) is 13.2. The lowest BCUT2D eigenvalue weighted by Crippen LogP contribution is -2.37. The van der Waals surface area contributed by atoms with E-state index >= 15 is 0 Å². The summed E-state index contributed by atoms with van der Waals surface area (Å²) in [6.07, 6.45) is 7.89. The highest BCUT2D eigenvalue weighted by molar-refractivity contribution is 4.69. The molecule has 0 bridgehead atoms. The minimum atomic E-state index is -0.981. The molecule has 7 heteroatoms. The number of nitro groups is 1. The zero-order chi connectivity index (χ0) is 16.1. The van der Waals surface area contributed by atoms with Gasteiger partial charge in [-0.15, -0.1) is 10.1 Å². The Morgan fingerprint density at radius 1 is 0.857 bits per heavy atom. The Bertz CT molecular complexity index is 299. The smallest absolute Gasteiger partial charge is 0.295 e. The third kappa shape index (κ3) is 10.0. The van der Waals surface area contributed by atoms with Gasteiger partial charge in [0.1, 0.15) is 0 Å². The van der Waals surface area contributed by atoms with Crippen molar-refractivity contribution in [3.05, 3.63) is 20.2 Å². The second-order valence-corrected chi connectivity index (χ2v) is 5.42. The molecule has 2 unspecified atom stereocenters. The van der Waals surface area contributed by atoms with E-state index in [1.165, 1.54) is 19.3 Å². The quantitative estimate of drug-likeness (QED) is 0.273. The maximum absolute atomic E-state index is 11.1. The number of nitrogens with zero attached hydrogens (tertiary/aromatic N) is 2. The Morgan fingerprint density at radius 2 is 1.43 bits per heavy atom. The largest absolute Gasteiger partial charge is 0.303 e. The van der Waals surface area contributed by atoms with E-state index < -0.39 is 22.2 Å². The predicted molar refractivity (Wildman–Crippen MR) is 80.2 cm³/mol. The van der Waals surface area contributed by atoms with Crippen molar-refractivity contribution in [2.24, 2.45) is 0 Å². The molecular formula is C14H28N2O5. The second-order valence-electron chi connectivity index (χ2n) is 5.42. The summed E-state index contributed by atoms with van der Waals surface area (Å²) in [5.74, 6) is 0. The third-order valence-corrected chi connectivity index (χ3v) is 3.60. The van der Waals surface area contributed by atoms with Crippen molar-refractivity contribution in [3.8, 4) is 0 Å². The van der Waals surface area contributed by atoms with Gasteiger partial charge in [0.15, 0.2) is 6.10 Å². The molecule has 0 aliphatic rings. The van der Waals surface area contributed by atoms with Crippen molar-refractivity contribution in [2.45, 2.75) is 90.2 Å². The molecule has 0 aliphatic heterocycles. The molecule has 0 rings (SSSR count). The molecule has 0 saturated heterocycles. The number of unbranched alkanes of at least 4 members (excludes halogenated alkanes) is 6. The van der Waals surface area contributed by atoms with Crippen LogP contribution in [-0.4, -0.2) is 22.2 Å². The molecule has 0 N–H and O–H groups in total. The van der Waals surface area contributed by atoms with Crippen LogP contribution in [-0.2, 0) is 4.84 Å². The molecular weight excluding hydrogens is 276 g/mol. The van der Waals surface area contributed by atoms with Crippen LogP contribution in [0.2, 0.25) is 0 Å². The molecule has 0 fully saturated rings. The minimum Gasteiger partial charge on any atom is -0.303 e. The maximum atomic E-state index is 11.1. The van der Waals surface area contributed by atoms with Crippen LogP contribution < -0.4 is 0 Å². The highest BCUT2D eigenvalue weighted by Gasteiger charge is 2.33. The van der Waals surface area contributed by atoms with Gasteiger partial charge >= 0.3 is 0 Å². The van der Waals surface area contributed by atoms with E-state index in [2.05, 4.69) is 11.8 Å². The van der Waals surface area contributed by atoms with E-state index in [4.69, 9.17) is 0 Å². The molecule has 2 atom stereocenters. The van der Waals surface area contributed by atoms with Crippen molar-refractivity contribution >= 4 is 0 Å². The van der Waals surface area contributed by atoms with Gasteiger partial charge in [-0.05, 0) is 12.8 Å². The Hall–Kier alpha value is -1.40. The van der Waals surface area contributed by atoms with Crippen LogP contribution in [0.15, 0.2) is 0 Å². The SMILES string of the molecule is CCCCCCCCCC(C(CCC)O[N+](=O)[O-])[N+](=O)[O-]. The molecule has 124 valence electrons. The average Bonchev–Trinajstić information content (AvgIpc) is 2.40. The monoisotopic (exact) mass is 304 g/mol. The molecule has 0 aromatic rings. The van der Waals surface area contributed by atoms with E-state index in [0.717, 1.165) is 25.7 Å². The fraction of sp³-hybridized carbons (Fsp3) is 1.00. The first-order chi connectivity index (χ1) is 10.0. The number of hydrogen-bond donors (Lipinski definition) is 0. The van der Waals surface area contributed by atoms with Gasteiger partial charge in [0.25, 0.3) is 5.09 Å². The minimum absolute atomic E-state index is 0.336. The molecule has 0 saturated carbocycles.